The van der Waals surface area contributed by atoms with E-state index in [1.54, 1.807) is 7.05 Å². The van der Waals surface area contributed by atoms with Gasteiger partial charge in [-0.2, -0.15) is 0 Å². The molecule has 1 atom stereocenters. The van der Waals surface area contributed by atoms with Gasteiger partial charge in [-0.25, -0.2) is 4.39 Å². The van der Waals surface area contributed by atoms with Crippen LogP contribution in [0.1, 0.15) is 12.5 Å². The molecule has 0 aliphatic carbocycles. The minimum atomic E-state index is -0.561. The molecule has 2 rings (SSSR count). The number of hydrogen-bond acceptors (Lipinski definition) is 2. The van der Waals surface area contributed by atoms with Crippen molar-refractivity contribution in [2.45, 2.75) is 13.3 Å². The summed E-state index contributed by atoms with van der Waals surface area (Å²) in [4.78, 5) is 24.9. The second-order valence-electron chi connectivity index (χ2n) is 6.04. The third kappa shape index (κ3) is 5.82. The van der Waals surface area contributed by atoms with E-state index in [1.807, 2.05) is 31.2 Å². The summed E-state index contributed by atoms with van der Waals surface area (Å²) in [6.07, 6.45) is 0.812. The minimum absolute atomic E-state index is 0.0226. The summed E-state index contributed by atoms with van der Waals surface area (Å²) in [6.45, 7) is 2.15. The third-order valence-electron chi connectivity index (χ3n) is 3.80. The van der Waals surface area contributed by atoms with Crippen LogP contribution in [-0.2, 0) is 16.0 Å². The van der Waals surface area contributed by atoms with Gasteiger partial charge in [0.05, 0.1) is 12.7 Å². The number of carbonyl (C=O) groups is 2. The molecule has 2 amide bonds. The standard InChI is InChI=1S/C19H21ClFN3O2/c1-3-13-6-4-5-7-16(13)22-18(25)11-24(2)12-19(26)23-17-10-14(20)8-9-15(17)21/h4-10H,3,11-12H2,1-2H3,(H,22,25)(H,23,26)/p+1. The molecule has 5 nitrogen and oxygen atoms in total. The van der Waals surface area contributed by atoms with Crippen molar-refractivity contribution in [2.75, 3.05) is 30.8 Å². The van der Waals surface area contributed by atoms with Crippen LogP contribution in [0.2, 0.25) is 5.02 Å². The first kappa shape index (κ1) is 19.9. The number of aryl methyl sites for hydroxylation is 1. The normalized spacial score (nSPS) is 11.7. The lowest BCUT2D eigenvalue weighted by Crippen LogP contribution is -3.11. The molecule has 7 heteroatoms. The van der Waals surface area contributed by atoms with Gasteiger partial charge in [-0.05, 0) is 36.2 Å². The number of halogens is 2. The van der Waals surface area contributed by atoms with Crippen LogP contribution in [0.25, 0.3) is 0 Å². The molecule has 2 aromatic rings. The van der Waals surface area contributed by atoms with Crippen LogP contribution in [-0.4, -0.2) is 32.0 Å². The molecule has 0 bridgehead atoms. The Morgan fingerprint density at radius 1 is 1.04 bits per heavy atom. The summed E-state index contributed by atoms with van der Waals surface area (Å²) in [7, 11) is 1.72. The molecule has 0 heterocycles. The Hall–Kier alpha value is -2.44. The van der Waals surface area contributed by atoms with Crippen LogP contribution < -0.4 is 15.5 Å². The molecule has 0 radical (unpaired) electrons. The molecule has 0 spiro atoms. The first-order valence-electron chi connectivity index (χ1n) is 8.33. The van der Waals surface area contributed by atoms with Gasteiger partial charge in [0.25, 0.3) is 11.8 Å². The monoisotopic (exact) mass is 378 g/mol. The van der Waals surface area contributed by atoms with Gasteiger partial charge in [0.2, 0.25) is 0 Å². The van der Waals surface area contributed by atoms with Gasteiger partial charge in [-0.1, -0.05) is 36.7 Å². The molecule has 0 aromatic heterocycles. The SMILES string of the molecule is CCc1ccccc1NC(=O)C[NH+](C)CC(=O)Nc1cc(Cl)ccc1F. The number of carbonyl (C=O) groups excluding carboxylic acids is 2. The van der Waals surface area contributed by atoms with E-state index in [1.165, 1.54) is 18.2 Å². The topological polar surface area (TPSA) is 62.6 Å². The summed E-state index contributed by atoms with van der Waals surface area (Å²) >= 11 is 5.80. The Labute approximate surface area is 157 Å². The largest absolute Gasteiger partial charge is 0.322 e. The second-order valence-corrected chi connectivity index (χ2v) is 6.48. The Morgan fingerprint density at radius 2 is 1.65 bits per heavy atom. The molecule has 138 valence electrons. The van der Waals surface area contributed by atoms with E-state index in [0.717, 1.165) is 17.7 Å². The van der Waals surface area contributed by atoms with E-state index in [4.69, 9.17) is 11.6 Å². The number of anilines is 2. The first-order valence-corrected chi connectivity index (χ1v) is 8.70. The third-order valence-corrected chi connectivity index (χ3v) is 4.03. The fraction of sp³-hybridized carbons (Fsp3) is 0.263. The number of para-hydroxylation sites is 1. The van der Waals surface area contributed by atoms with E-state index in [9.17, 15) is 14.0 Å². The van der Waals surface area contributed by atoms with Crippen LogP contribution >= 0.6 is 11.6 Å². The summed E-state index contributed by atoms with van der Waals surface area (Å²) in [6, 6.07) is 11.5. The molecular weight excluding hydrogens is 357 g/mol. The Balaban J connectivity index is 1.87. The Morgan fingerprint density at radius 3 is 2.31 bits per heavy atom. The van der Waals surface area contributed by atoms with Crippen molar-refractivity contribution in [3.63, 3.8) is 0 Å². The van der Waals surface area contributed by atoms with Crippen molar-refractivity contribution in [3.05, 3.63) is 58.9 Å². The molecule has 2 aromatic carbocycles. The van der Waals surface area contributed by atoms with E-state index in [-0.39, 0.29) is 24.7 Å². The summed E-state index contributed by atoms with van der Waals surface area (Å²) < 4.78 is 13.6. The van der Waals surface area contributed by atoms with E-state index in [2.05, 4.69) is 10.6 Å². The zero-order chi connectivity index (χ0) is 19.1. The van der Waals surface area contributed by atoms with Crippen molar-refractivity contribution in [2.24, 2.45) is 0 Å². The molecule has 0 saturated carbocycles. The van der Waals surface area contributed by atoms with Gasteiger partial charge in [0.15, 0.2) is 13.1 Å². The van der Waals surface area contributed by atoms with Crippen molar-refractivity contribution >= 4 is 34.8 Å². The van der Waals surface area contributed by atoms with Crippen molar-refractivity contribution < 1.29 is 18.9 Å². The maximum absolute atomic E-state index is 13.6. The van der Waals surface area contributed by atoms with Gasteiger partial charge in [-0.3, -0.25) is 9.59 Å². The van der Waals surface area contributed by atoms with E-state index in [0.29, 0.717) is 9.92 Å². The van der Waals surface area contributed by atoms with Crippen LogP contribution in [0.4, 0.5) is 15.8 Å². The van der Waals surface area contributed by atoms with Crippen LogP contribution in [0.3, 0.4) is 0 Å². The van der Waals surface area contributed by atoms with Crippen molar-refractivity contribution in [1.82, 2.24) is 0 Å². The van der Waals surface area contributed by atoms with Gasteiger partial charge in [0, 0.05) is 10.7 Å². The molecule has 0 aliphatic rings. The second kappa shape index (κ2) is 9.31. The van der Waals surface area contributed by atoms with E-state index < -0.39 is 11.7 Å². The van der Waals surface area contributed by atoms with Crippen molar-refractivity contribution in [1.29, 1.82) is 0 Å². The average Bonchev–Trinajstić information content (AvgIpc) is 2.58. The predicted molar refractivity (Wildman–Crippen MR) is 101 cm³/mol. The zero-order valence-corrected chi connectivity index (χ0v) is 15.5. The highest BCUT2D eigenvalue weighted by Crippen LogP contribution is 2.19. The van der Waals surface area contributed by atoms with Crippen LogP contribution in [0, 0.1) is 5.82 Å². The smallest absolute Gasteiger partial charge is 0.279 e. The fourth-order valence-corrected chi connectivity index (χ4v) is 2.72. The lowest BCUT2D eigenvalue weighted by molar-refractivity contribution is -0.862. The highest BCUT2D eigenvalue weighted by atomic mass is 35.5. The summed E-state index contributed by atoms with van der Waals surface area (Å²) in [5, 5.41) is 5.67. The van der Waals surface area contributed by atoms with Crippen molar-refractivity contribution in [3.8, 4) is 0 Å². The van der Waals surface area contributed by atoms with Gasteiger partial charge in [0.1, 0.15) is 5.82 Å². The van der Waals surface area contributed by atoms with E-state index >= 15 is 0 Å². The quantitative estimate of drug-likeness (QED) is 0.691. The lowest BCUT2D eigenvalue weighted by Gasteiger charge is -2.15. The summed E-state index contributed by atoms with van der Waals surface area (Å²) in [5.74, 6) is -1.15. The maximum atomic E-state index is 13.6. The van der Waals surface area contributed by atoms with Gasteiger partial charge >= 0.3 is 0 Å². The van der Waals surface area contributed by atoms with Crippen LogP contribution in [0.15, 0.2) is 42.5 Å². The molecule has 0 fully saturated rings. The molecule has 0 aliphatic heterocycles. The van der Waals surface area contributed by atoms with Gasteiger partial charge < -0.3 is 15.5 Å². The number of benzene rings is 2. The Bertz CT molecular complexity index is 798. The minimum Gasteiger partial charge on any atom is -0.322 e. The molecule has 1 unspecified atom stereocenters. The maximum Gasteiger partial charge on any atom is 0.279 e. The predicted octanol–water partition coefficient (Wildman–Crippen LogP) is 2.13. The Kier molecular flexibility index (Phi) is 7.12. The number of amides is 2. The van der Waals surface area contributed by atoms with Gasteiger partial charge in [-0.15, -0.1) is 0 Å². The number of quaternary nitrogens is 1. The highest BCUT2D eigenvalue weighted by molar-refractivity contribution is 6.30. The summed E-state index contributed by atoms with van der Waals surface area (Å²) in [5.41, 5.74) is 1.85. The number of nitrogens with one attached hydrogen (secondary N) is 3. The number of likely N-dealkylation sites (N-methyl/N-ethyl adjacent to an activating group) is 1. The molecule has 3 N–H and O–H groups in total. The first-order chi connectivity index (χ1) is 12.4. The fourth-order valence-electron chi connectivity index (χ4n) is 2.54. The molecular formula is C19H22ClFN3O2+. The lowest BCUT2D eigenvalue weighted by atomic mass is 10.1. The average molecular weight is 379 g/mol. The molecule has 0 saturated heterocycles. The highest BCUT2D eigenvalue weighted by Gasteiger charge is 2.16. The van der Waals surface area contributed by atoms with Crippen LogP contribution in [0.5, 0.6) is 0 Å². The zero-order valence-electron chi connectivity index (χ0n) is 14.7. The number of hydrogen-bond donors (Lipinski definition) is 3. The molecule has 26 heavy (non-hydrogen) atoms. The number of rotatable bonds is 7.